The minimum atomic E-state index is -0.233. The van der Waals surface area contributed by atoms with Crippen LogP contribution in [0.1, 0.15) is 26.7 Å². The molecular weight excluding hydrogens is 274 g/mol. The number of nitrogens with one attached hydrogen (secondary N) is 1. The van der Waals surface area contributed by atoms with Crippen molar-refractivity contribution < 1.29 is 9.90 Å². The number of aliphatic hydroxyl groups excluding tert-OH is 1. The number of hydrogen-bond acceptors (Lipinski definition) is 5. The van der Waals surface area contributed by atoms with Crippen LogP contribution in [0.25, 0.3) is 0 Å². The highest BCUT2D eigenvalue weighted by atomic mass is 32.1. The van der Waals surface area contributed by atoms with Crippen LogP contribution in [0, 0.1) is 18.8 Å². The predicted molar refractivity (Wildman–Crippen MR) is 77.6 cm³/mol. The van der Waals surface area contributed by atoms with E-state index in [0.29, 0.717) is 17.1 Å². The van der Waals surface area contributed by atoms with E-state index in [-0.39, 0.29) is 12.5 Å². The number of hydrogen-bond donors (Lipinski definition) is 2. The first-order valence-corrected chi connectivity index (χ1v) is 6.80. The Kier molecular flexibility index (Phi) is 4.82. The lowest BCUT2D eigenvalue weighted by atomic mass is 10.2. The van der Waals surface area contributed by atoms with E-state index in [1.54, 1.807) is 24.5 Å². The van der Waals surface area contributed by atoms with Crippen molar-refractivity contribution in [3.05, 3.63) is 40.0 Å². The Balaban J connectivity index is 2.08. The molecule has 0 aliphatic heterocycles. The fourth-order valence-electron chi connectivity index (χ4n) is 1.44. The van der Waals surface area contributed by atoms with Crippen molar-refractivity contribution in [3.63, 3.8) is 0 Å². The summed E-state index contributed by atoms with van der Waals surface area (Å²) in [6.07, 6.45) is 3.54. The van der Waals surface area contributed by atoms with Gasteiger partial charge in [-0.05, 0) is 19.1 Å². The molecule has 1 amide bonds. The van der Waals surface area contributed by atoms with Crippen molar-refractivity contribution in [2.75, 3.05) is 11.9 Å². The van der Waals surface area contributed by atoms with E-state index >= 15 is 0 Å². The number of carbonyl (C=O) groups excluding carboxylic acids is 1. The lowest BCUT2D eigenvalue weighted by molar-refractivity contribution is 0.103. The smallest absolute Gasteiger partial charge is 0.268 e. The molecule has 20 heavy (non-hydrogen) atoms. The van der Waals surface area contributed by atoms with Crippen LogP contribution in [-0.4, -0.2) is 27.6 Å². The second-order valence-electron chi connectivity index (χ2n) is 3.90. The Labute approximate surface area is 120 Å². The normalized spacial score (nSPS) is 9.70. The maximum Gasteiger partial charge on any atom is 0.268 e. The monoisotopic (exact) mass is 287 g/mol. The molecule has 0 radical (unpaired) electrons. The molecule has 0 aliphatic rings. The molecular formula is C14H13N3O2S. The molecule has 6 heteroatoms. The first-order chi connectivity index (χ1) is 9.69. The van der Waals surface area contributed by atoms with Crippen molar-refractivity contribution in [3.8, 4) is 11.8 Å². The van der Waals surface area contributed by atoms with Crippen LogP contribution in [0.4, 0.5) is 5.82 Å². The molecule has 102 valence electrons. The molecule has 5 nitrogen and oxygen atoms in total. The van der Waals surface area contributed by atoms with E-state index in [1.807, 2.05) is 6.92 Å². The van der Waals surface area contributed by atoms with Crippen LogP contribution in [-0.2, 0) is 0 Å². The third-order valence-corrected chi connectivity index (χ3v) is 3.23. The van der Waals surface area contributed by atoms with Gasteiger partial charge in [0.1, 0.15) is 10.7 Å². The number of nitrogens with zero attached hydrogens (tertiary/aromatic N) is 2. The first-order valence-electron chi connectivity index (χ1n) is 5.98. The van der Waals surface area contributed by atoms with E-state index in [1.165, 1.54) is 11.3 Å². The molecule has 0 spiro atoms. The van der Waals surface area contributed by atoms with Crippen molar-refractivity contribution in [1.82, 2.24) is 9.97 Å². The van der Waals surface area contributed by atoms with Crippen molar-refractivity contribution >= 4 is 23.1 Å². The summed E-state index contributed by atoms with van der Waals surface area (Å²) in [6, 6.07) is 3.44. The molecule has 0 fully saturated rings. The lowest BCUT2D eigenvalue weighted by Gasteiger charge is -2.02. The standard InChI is InChI=1S/C14H13N3O2S/c1-10-16-9-12(20-10)14(19)17-13-8-11(5-6-15-13)4-2-3-7-18/h5-6,8-9,18H,3,7H2,1H3,(H,15,17,19). The second-order valence-corrected chi connectivity index (χ2v) is 5.14. The molecule has 0 atom stereocenters. The third-order valence-electron chi connectivity index (χ3n) is 2.32. The zero-order valence-corrected chi connectivity index (χ0v) is 11.7. The van der Waals surface area contributed by atoms with Crippen LogP contribution in [0.2, 0.25) is 0 Å². The number of pyridine rings is 1. The number of aliphatic hydroxyl groups is 1. The zero-order valence-electron chi connectivity index (χ0n) is 10.9. The van der Waals surface area contributed by atoms with Gasteiger partial charge in [0.2, 0.25) is 0 Å². The summed E-state index contributed by atoms with van der Waals surface area (Å²) in [7, 11) is 0. The number of thiazole rings is 1. The van der Waals surface area contributed by atoms with Crippen LogP contribution >= 0.6 is 11.3 Å². The van der Waals surface area contributed by atoms with Gasteiger partial charge in [-0.2, -0.15) is 0 Å². The third kappa shape index (κ3) is 3.88. The summed E-state index contributed by atoms with van der Waals surface area (Å²) in [5.41, 5.74) is 0.740. The van der Waals surface area contributed by atoms with E-state index in [2.05, 4.69) is 27.1 Å². The van der Waals surface area contributed by atoms with E-state index in [4.69, 9.17) is 5.11 Å². The fourth-order valence-corrected chi connectivity index (χ4v) is 2.11. The number of aryl methyl sites for hydroxylation is 1. The fraction of sp³-hybridized carbons (Fsp3) is 0.214. The van der Waals surface area contributed by atoms with Crippen molar-refractivity contribution in [2.45, 2.75) is 13.3 Å². The Bertz CT molecular complexity index is 670. The van der Waals surface area contributed by atoms with Crippen LogP contribution in [0.3, 0.4) is 0 Å². The SMILES string of the molecule is Cc1ncc(C(=O)Nc2cc(C#CCCO)ccn2)s1. The average Bonchev–Trinajstić information content (AvgIpc) is 2.86. The number of aromatic nitrogens is 2. The van der Waals surface area contributed by atoms with Gasteiger partial charge in [0.15, 0.2) is 0 Å². The van der Waals surface area contributed by atoms with Gasteiger partial charge in [0, 0.05) is 18.2 Å². The maximum atomic E-state index is 11.9. The largest absolute Gasteiger partial charge is 0.395 e. The van der Waals surface area contributed by atoms with Crippen LogP contribution < -0.4 is 5.32 Å². The quantitative estimate of drug-likeness (QED) is 0.845. The van der Waals surface area contributed by atoms with Gasteiger partial charge in [0.05, 0.1) is 17.8 Å². The van der Waals surface area contributed by atoms with Gasteiger partial charge >= 0.3 is 0 Å². The molecule has 2 aromatic heterocycles. The number of carbonyl (C=O) groups is 1. The summed E-state index contributed by atoms with van der Waals surface area (Å²) >= 11 is 1.33. The molecule has 0 bridgehead atoms. The molecule has 2 heterocycles. The minimum absolute atomic E-state index is 0.0341. The topological polar surface area (TPSA) is 75.1 Å². The van der Waals surface area contributed by atoms with Crippen molar-refractivity contribution in [2.24, 2.45) is 0 Å². The van der Waals surface area contributed by atoms with Crippen molar-refractivity contribution in [1.29, 1.82) is 0 Å². The molecule has 0 aromatic carbocycles. The minimum Gasteiger partial charge on any atom is -0.395 e. The average molecular weight is 287 g/mol. The second kappa shape index (κ2) is 6.80. The number of amides is 1. The Morgan fingerprint density at radius 1 is 1.50 bits per heavy atom. The molecule has 0 saturated heterocycles. The van der Waals surface area contributed by atoms with E-state index in [9.17, 15) is 4.79 Å². The van der Waals surface area contributed by atoms with Crippen LogP contribution in [0.15, 0.2) is 24.5 Å². The van der Waals surface area contributed by atoms with E-state index in [0.717, 1.165) is 10.6 Å². The summed E-state index contributed by atoms with van der Waals surface area (Å²) in [5.74, 6) is 5.92. The molecule has 0 saturated carbocycles. The first kappa shape index (κ1) is 14.2. The van der Waals surface area contributed by atoms with Gasteiger partial charge < -0.3 is 10.4 Å². The number of anilines is 1. The van der Waals surface area contributed by atoms with Gasteiger partial charge in [-0.25, -0.2) is 9.97 Å². The zero-order chi connectivity index (χ0) is 14.4. The molecule has 2 N–H and O–H groups in total. The van der Waals surface area contributed by atoms with Gasteiger partial charge in [-0.3, -0.25) is 4.79 Å². The molecule has 0 aliphatic carbocycles. The molecule has 2 rings (SSSR count). The summed E-state index contributed by atoms with van der Waals surface area (Å²) in [5, 5.41) is 12.2. The lowest BCUT2D eigenvalue weighted by Crippen LogP contribution is -2.11. The van der Waals surface area contributed by atoms with Gasteiger partial charge in [0.25, 0.3) is 5.91 Å². The van der Waals surface area contributed by atoms with E-state index < -0.39 is 0 Å². The Hall–Kier alpha value is -2.23. The highest BCUT2D eigenvalue weighted by Gasteiger charge is 2.09. The number of rotatable bonds is 3. The summed E-state index contributed by atoms with van der Waals surface area (Å²) in [6.45, 7) is 1.88. The predicted octanol–water partition coefficient (Wildman–Crippen LogP) is 1.83. The van der Waals surface area contributed by atoms with Gasteiger partial charge in [-0.1, -0.05) is 11.8 Å². The van der Waals surface area contributed by atoms with Gasteiger partial charge in [-0.15, -0.1) is 11.3 Å². The highest BCUT2D eigenvalue weighted by Crippen LogP contribution is 2.14. The summed E-state index contributed by atoms with van der Waals surface area (Å²) in [4.78, 5) is 20.6. The molecule has 0 unspecified atom stereocenters. The van der Waals surface area contributed by atoms with Crippen LogP contribution in [0.5, 0.6) is 0 Å². The maximum absolute atomic E-state index is 11.9. The molecule has 2 aromatic rings. The Morgan fingerprint density at radius 3 is 3.05 bits per heavy atom. The Morgan fingerprint density at radius 2 is 2.35 bits per heavy atom. The summed E-state index contributed by atoms with van der Waals surface area (Å²) < 4.78 is 0. The highest BCUT2D eigenvalue weighted by molar-refractivity contribution is 7.13.